The number of nitrogens with zero attached hydrogens (tertiary/aromatic N) is 2. The lowest BCUT2D eigenvalue weighted by atomic mass is 10.0. The van der Waals surface area contributed by atoms with Crippen molar-refractivity contribution >= 4 is 27.5 Å². The lowest BCUT2D eigenvalue weighted by Gasteiger charge is -2.34. The zero-order chi connectivity index (χ0) is 28.7. The van der Waals surface area contributed by atoms with E-state index < -0.39 is 40.2 Å². The molecular formula is C30H36FN3O4S. The largest absolute Gasteiger partial charge is 0.352 e. The number of hydrogen-bond acceptors (Lipinski definition) is 4. The fraction of sp³-hybridized carbons (Fsp3) is 0.333. The number of halogens is 1. The average Bonchev–Trinajstić information content (AvgIpc) is 2.86. The van der Waals surface area contributed by atoms with Gasteiger partial charge in [0.25, 0.3) is 0 Å². The molecule has 9 heteroatoms. The molecule has 0 saturated heterocycles. The van der Waals surface area contributed by atoms with Crippen molar-refractivity contribution in [1.82, 2.24) is 10.2 Å². The van der Waals surface area contributed by atoms with Crippen LogP contribution < -0.4 is 9.62 Å². The van der Waals surface area contributed by atoms with Crippen molar-refractivity contribution in [3.05, 3.63) is 101 Å². The van der Waals surface area contributed by atoms with Gasteiger partial charge in [-0.25, -0.2) is 12.8 Å². The highest BCUT2D eigenvalue weighted by atomic mass is 32.2. The molecule has 0 bridgehead atoms. The van der Waals surface area contributed by atoms with E-state index in [0.717, 1.165) is 16.1 Å². The van der Waals surface area contributed by atoms with E-state index in [1.54, 1.807) is 44.2 Å². The van der Waals surface area contributed by atoms with Crippen LogP contribution in [0.2, 0.25) is 0 Å². The summed E-state index contributed by atoms with van der Waals surface area (Å²) >= 11 is 0. The van der Waals surface area contributed by atoms with E-state index >= 15 is 0 Å². The Bertz CT molecular complexity index is 1390. The van der Waals surface area contributed by atoms with Gasteiger partial charge in [-0.15, -0.1) is 0 Å². The summed E-state index contributed by atoms with van der Waals surface area (Å²) in [6.45, 7) is 6.42. The molecule has 0 aromatic heterocycles. The number of anilines is 1. The maximum atomic E-state index is 14.8. The first kappa shape index (κ1) is 29.8. The molecule has 3 aromatic rings. The molecular weight excluding hydrogens is 517 g/mol. The third kappa shape index (κ3) is 7.89. The number of benzene rings is 3. The number of carbonyl (C=O) groups is 2. The average molecular weight is 554 g/mol. The number of amides is 2. The zero-order valence-corrected chi connectivity index (χ0v) is 23.8. The highest BCUT2D eigenvalue weighted by Gasteiger charge is 2.34. The first-order chi connectivity index (χ1) is 18.4. The Kier molecular flexibility index (Phi) is 9.86. The van der Waals surface area contributed by atoms with Gasteiger partial charge in [-0.2, -0.15) is 0 Å². The summed E-state index contributed by atoms with van der Waals surface area (Å²) in [7, 11) is -3.89. The molecule has 3 rings (SSSR count). The first-order valence-corrected chi connectivity index (χ1v) is 14.6. The number of sulfonamides is 1. The molecule has 0 aliphatic carbocycles. The van der Waals surface area contributed by atoms with Crippen molar-refractivity contribution in [2.24, 2.45) is 0 Å². The van der Waals surface area contributed by atoms with Crippen LogP contribution >= 0.6 is 0 Å². The molecule has 1 atom stereocenters. The second kappa shape index (κ2) is 12.9. The molecule has 0 heterocycles. The second-order valence-corrected chi connectivity index (χ2v) is 11.9. The molecule has 1 unspecified atom stereocenters. The Hall–Kier alpha value is -3.72. The van der Waals surface area contributed by atoms with E-state index in [1.165, 1.54) is 11.0 Å². The Labute approximate surface area is 230 Å². The molecule has 3 aromatic carbocycles. The van der Waals surface area contributed by atoms with Crippen LogP contribution in [0, 0.1) is 19.7 Å². The van der Waals surface area contributed by atoms with Gasteiger partial charge in [0.05, 0.1) is 11.9 Å². The number of hydrogen-bond donors (Lipinski definition) is 1. The van der Waals surface area contributed by atoms with Gasteiger partial charge in [0.2, 0.25) is 21.8 Å². The van der Waals surface area contributed by atoms with Crippen LogP contribution in [0.15, 0.2) is 72.8 Å². The lowest BCUT2D eigenvalue weighted by molar-refractivity contribution is -0.140. The third-order valence-corrected chi connectivity index (χ3v) is 7.48. The van der Waals surface area contributed by atoms with Crippen LogP contribution in [-0.4, -0.2) is 50.0 Å². The summed E-state index contributed by atoms with van der Waals surface area (Å²) < 4.78 is 41.8. The minimum atomic E-state index is -3.89. The number of aryl methyl sites for hydroxylation is 2. The van der Waals surface area contributed by atoms with Gasteiger partial charge in [-0.05, 0) is 50.5 Å². The van der Waals surface area contributed by atoms with Crippen molar-refractivity contribution in [3.63, 3.8) is 0 Å². The minimum Gasteiger partial charge on any atom is -0.352 e. The number of nitrogens with one attached hydrogen (secondary N) is 1. The Morgan fingerprint density at radius 1 is 0.897 bits per heavy atom. The Balaban J connectivity index is 2.10. The molecule has 208 valence electrons. The number of rotatable bonds is 11. The minimum absolute atomic E-state index is 0.169. The summed E-state index contributed by atoms with van der Waals surface area (Å²) in [6, 6.07) is 19.4. The van der Waals surface area contributed by atoms with Crippen molar-refractivity contribution in [2.75, 3.05) is 17.1 Å². The van der Waals surface area contributed by atoms with Crippen LogP contribution in [0.1, 0.15) is 36.1 Å². The molecule has 0 aliphatic rings. The SMILES string of the molecule is Cc1cccc(C)c1N(CC(=O)N(Cc1ccccc1F)C(Cc1ccccc1)C(=O)NC(C)C)S(C)(=O)=O. The van der Waals surface area contributed by atoms with Crippen LogP contribution in [0.25, 0.3) is 0 Å². The predicted molar refractivity (Wildman–Crippen MR) is 152 cm³/mol. The summed E-state index contributed by atoms with van der Waals surface area (Å²) in [5.41, 5.74) is 2.81. The maximum Gasteiger partial charge on any atom is 0.244 e. The van der Waals surface area contributed by atoms with E-state index in [1.807, 2.05) is 50.2 Å². The van der Waals surface area contributed by atoms with Gasteiger partial charge in [-0.1, -0.05) is 66.7 Å². The second-order valence-electron chi connectivity index (χ2n) is 9.99. The van der Waals surface area contributed by atoms with E-state index in [0.29, 0.717) is 16.8 Å². The van der Waals surface area contributed by atoms with Gasteiger partial charge in [0.1, 0.15) is 18.4 Å². The lowest BCUT2D eigenvalue weighted by Crippen LogP contribution is -2.54. The van der Waals surface area contributed by atoms with Gasteiger partial charge in [-0.3, -0.25) is 13.9 Å². The van der Waals surface area contributed by atoms with E-state index in [4.69, 9.17) is 0 Å². The zero-order valence-electron chi connectivity index (χ0n) is 23.0. The standard InChI is InChI=1S/C30H36FN3O4S/c1-21(2)32-30(36)27(18-24-14-7-6-8-15-24)33(19-25-16-9-10-17-26(25)31)28(35)20-34(39(5,37)38)29-22(3)12-11-13-23(29)4/h6-17,21,27H,18-20H2,1-5H3,(H,32,36). The van der Waals surface area contributed by atoms with Crippen LogP contribution in [-0.2, 0) is 32.6 Å². The summed E-state index contributed by atoms with van der Waals surface area (Å²) in [4.78, 5) is 28.8. The smallest absolute Gasteiger partial charge is 0.244 e. The van der Waals surface area contributed by atoms with E-state index in [2.05, 4.69) is 5.32 Å². The molecule has 7 nitrogen and oxygen atoms in total. The third-order valence-electron chi connectivity index (χ3n) is 6.37. The predicted octanol–water partition coefficient (Wildman–Crippen LogP) is 4.37. The van der Waals surface area contributed by atoms with Crippen LogP contribution in [0.5, 0.6) is 0 Å². The normalized spacial score (nSPS) is 12.2. The molecule has 0 spiro atoms. The summed E-state index contributed by atoms with van der Waals surface area (Å²) in [5.74, 6) is -1.55. The van der Waals surface area contributed by atoms with Crippen molar-refractivity contribution < 1.29 is 22.4 Å². The fourth-order valence-electron chi connectivity index (χ4n) is 4.52. The highest BCUT2D eigenvalue weighted by Crippen LogP contribution is 2.27. The van der Waals surface area contributed by atoms with Crippen molar-refractivity contribution in [3.8, 4) is 0 Å². The van der Waals surface area contributed by atoms with Crippen molar-refractivity contribution in [2.45, 2.75) is 52.7 Å². The maximum absolute atomic E-state index is 14.8. The Morgan fingerprint density at radius 2 is 1.49 bits per heavy atom. The van der Waals surface area contributed by atoms with Gasteiger partial charge in [0.15, 0.2) is 0 Å². The van der Waals surface area contributed by atoms with Gasteiger partial charge >= 0.3 is 0 Å². The number of carbonyl (C=O) groups excluding carboxylic acids is 2. The van der Waals surface area contributed by atoms with Gasteiger partial charge < -0.3 is 10.2 Å². The van der Waals surface area contributed by atoms with Crippen LogP contribution in [0.3, 0.4) is 0 Å². The fourth-order valence-corrected chi connectivity index (χ4v) is 5.48. The van der Waals surface area contributed by atoms with Crippen molar-refractivity contribution in [1.29, 1.82) is 0 Å². The van der Waals surface area contributed by atoms with Gasteiger partial charge in [0, 0.05) is 24.6 Å². The molecule has 39 heavy (non-hydrogen) atoms. The molecule has 0 saturated carbocycles. The number of para-hydroxylation sites is 1. The first-order valence-electron chi connectivity index (χ1n) is 12.8. The monoisotopic (exact) mass is 553 g/mol. The highest BCUT2D eigenvalue weighted by molar-refractivity contribution is 7.92. The molecule has 0 fully saturated rings. The van der Waals surface area contributed by atoms with E-state index in [9.17, 15) is 22.4 Å². The molecule has 1 N–H and O–H groups in total. The van der Waals surface area contributed by atoms with Crippen LogP contribution in [0.4, 0.5) is 10.1 Å². The Morgan fingerprint density at radius 3 is 2.05 bits per heavy atom. The summed E-state index contributed by atoms with van der Waals surface area (Å²) in [6.07, 6.45) is 1.21. The summed E-state index contributed by atoms with van der Waals surface area (Å²) in [5, 5.41) is 2.87. The molecule has 0 aliphatic heterocycles. The quantitative estimate of drug-likeness (QED) is 0.382. The molecule has 0 radical (unpaired) electrons. The topological polar surface area (TPSA) is 86.8 Å². The van der Waals surface area contributed by atoms with E-state index in [-0.39, 0.29) is 24.6 Å². The molecule has 2 amide bonds.